The van der Waals surface area contributed by atoms with Crippen LogP contribution in [0.2, 0.25) is 0 Å². The predicted molar refractivity (Wildman–Crippen MR) is 197 cm³/mol. The van der Waals surface area contributed by atoms with Crippen LogP contribution in [0.3, 0.4) is 0 Å². The average Bonchev–Trinajstić information content (AvgIpc) is 3.53. The van der Waals surface area contributed by atoms with Gasteiger partial charge in [-0.2, -0.15) is 0 Å². The van der Waals surface area contributed by atoms with E-state index in [2.05, 4.69) is 121 Å². The molecule has 0 aliphatic carbocycles. The minimum absolute atomic E-state index is 0.610. The molecule has 0 spiro atoms. The van der Waals surface area contributed by atoms with Crippen LogP contribution in [0.25, 0.3) is 87.4 Å². The van der Waals surface area contributed by atoms with Gasteiger partial charge >= 0.3 is 0 Å². The van der Waals surface area contributed by atoms with Gasteiger partial charge in [-0.25, -0.2) is 15.0 Å². The average molecular weight is 618 g/mol. The highest BCUT2D eigenvalue weighted by Crippen LogP contribution is 2.37. The molecule has 6 aromatic carbocycles. The maximum absolute atomic E-state index is 5.03. The number of rotatable bonds is 5. The van der Waals surface area contributed by atoms with Crippen molar-refractivity contribution in [1.82, 2.24) is 15.0 Å². The third kappa shape index (κ3) is 5.15. The van der Waals surface area contributed by atoms with Gasteiger partial charge < -0.3 is 0 Å². The summed E-state index contributed by atoms with van der Waals surface area (Å²) in [6, 6.07) is 57.5. The summed E-state index contributed by atoms with van der Waals surface area (Å²) >= 11 is 1.85. The van der Waals surface area contributed by atoms with E-state index in [1.165, 1.54) is 36.9 Å². The Morgan fingerprint density at radius 2 is 0.957 bits per heavy atom. The van der Waals surface area contributed by atoms with Gasteiger partial charge in [-0.05, 0) is 64.7 Å². The summed E-state index contributed by atoms with van der Waals surface area (Å²) < 4.78 is 2.65. The Hall–Kier alpha value is -5.97. The number of nitrogens with zero attached hydrogens (tertiary/aromatic N) is 3. The first-order valence-corrected chi connectivity index (χ1v) is 16.5. The lowest BCUT2D eigenvalue weighted by molar-refractivity contribution is 1.16. The molecular weight excluding hydrogens is 591 g/mol. The zero-order chi connectivity index (χ0) is 31.2. The van der Waals surface area contributed by atoms with E-state index in [1.54, 1.807) is 0 Å². The fourth-order valence-electron chi connectivity index (χ4n) is 6.27. The van der Waals surface area contributed by atoms with E-state index in [0.717, 1.165) is 44.7 Å². The van der Waals surface area contributed by atoms with Crippen LogP contribution in [0.15, 0.2) is 164 Å². The van der Waals surface area contributed by atoms with E-state index in [1.807, 2.05) is 53.8 Å². The van der Waals surface area contributed by atoms with Crippen LogP contribution in [-0.4, -0.2) is 15.0 Å². The first-order chi connectivity index (χ1) is 23.2. The lowest BCUT2D eigenvalue weighted by atomic mass is 9.97. The Labute approximate surface area is 276 Å². The molecule has 0 aliphatic rings. The van der Waals surface area contributed by atoms with Crippen molar-refractivity contribution in [1.29, 1.82) is 0 Å². The monoisotopic (exact) mass is 617 g/mol. The van der Waals surface area contributed by atoms with E-state index < -0.39 is 0 Å². The van der Waals surface area contributed by atoms with Crippen molar-refractivity contribution in [2.75, 3.05) is 0 Å². The Kier molecular flexibility index (Phi) is 6.65. The highest BCUT2D eigenvalue weighted by atomic mass is 32.1. The zero-order valence-electron chi connectivity index (χ0n) is 25.3. The number of aromatic nitrogens is 3. The highest BCUT2D eigenvalue weighted by Gasteiger charge is 2.13. The summed E-state index contributed by atoms with van der Waals surface area (Å²) in [5, 5.41) is 3.73. The van der Waals surface area contributed by atoms with E-state index in [0.29, 0.717) is 5.82 Å². The second-order valence-corrected chi connectivity index (χ2v) is 12.8. The van der Waals surface area contributed by atoms with Gasteiger partial charge in [0.05, 0.1) is 16.9 Å². The summed E-state index contributed by atoms with van der Waals surface area (Å²) in [4.78, 5) is 14.9. The molecule has 0 unspecified atom stereocenters. The molecule has 220 valence electrons. The number of fused-ring (bicyclic) bond motifs is 4. The Bertz CT molecular complexity index is 2570. The third-order valence-corrected chi connectivity index (χ3v) is 9.86. The van der Waals surface area contributed by atoms with E-state index in [-0.39, 0.29) is 0 Å². The van der Waals surface area contributed by atoms with Gasteiger partial charge in [-0.15, -0.1) is 11.3 Å². The molecule has 0 bridgehead atoms. The molecule has 0 atom stereocenters. The van der Waals surface area contributed by atoms with Crippen molar-refractivity contribution in [3.8, 4) is 56.3 Å². The fourth-order valence-corrected chi connectivity index (χ4v) is 7.36. The van der Waals surface area contributed by atoms with Gasteiger partial charge in [-0.3, -0.25) is 0 Å². The predicted octanol–water partition coefficient (Wildman–Crippen LogP) is 11.7. The van der Waals surface area contributed by atoms with Crippen LogP contribution in [0, 0.1) is 0 Å². The molecule has 9 rings (SSSR count). The molecule has 0 radical (unpaired) electrons. The molecule has 3 aromatic heterocycles. The number of benzene rings is 6. The van der Waals surface area contributed by atoms with Crippen molar-refractivity contribution in [2.24, 2.45) is 0 Å². The molecule has 0 amide bonds. The minimum Gasteiger partial charge on any atom is -0.244 e. The van der Waals surface area contributed by atoms with Crippen molar-refractivity contribution in [3.63, 3.8) is 0 Å². The van der Waals surface area contributed by atoms with Crippen molar-refractivity contribution >= 4 is 42.4 Å². The number of hydrogen-bond donors (Lipinski definition) is 0. The maximum atomic E-state index is 5.03. The van der Waals surface area contributed by atoms with Crippen LogP contribution in [0.4, 0.5) is 0 Å². The second-order valence-electron chi connectivity index (χ2n) is 11.7. The quantitative estimate of drug-likeness (QED) is 0.193. The minimum atomic E-state index is 0.610. The second kappa shape index (κ2) is 11.4. The Balaban J connectivity index is 1.08. The molecule has 0 aliphatic heterocycles. The first-order valence-electron chi connectivity index (χ1n) is 15.7. The summed E-state index contributed by atoms with van der Waals surface area (Å²) in [7, 11) is 0. The third-order valence-electron chi connectivity index (χ3n) is 8.71. The molecule has 0 N–H and O–H groups in total. The topological polar surface area (TPSA) is 38.7 Å². The lowest BCUT2D eigenvalue weighted by Crippen LogP contribution is -1.97. The van der Waals surface area contributed by atoms with Crippen LogP contribution < -0.4 is 0 Å². The molecule has 0 fully saturated rings. The van der Waals surface area contributed by atoms with Crippen molar-refractivity contribution < 1.29 is 0 Å². The van der Waals surface area contributed by atoms with Crippen LogP contribution >= 0.6 is 11.3 Å². The molecule has 3 nitrogen and oxygen atoms in total. The molecular formula is C43H27N3S. The fraction of sp³-hybridized carbons (Fsp3) is 0. The van der Waals surface area contributed by atoms with Crippen molar-refractivity contribution in [3.05, 3.63) is 164 Å². The highest BCUT2D eigenvalue weighted by molar-refractivity contribution is 7.25. The first kappa shape index (κ1) is 27.3. The van der Waals surface area contributed by atoms with Gasteiger partial charge in [0, 0.05) is 36.7 Å². The number of thiophene rings is 1. The van der Waals surface area contributed by atoms with Gasteiger partial charge in [0.25, 0.3) is 0 Å². The largest absolute Gasteiger partial charge is 0.244 e. The van der Waals surface area contributed by atoms with Gasteiger partial charge in [0.15, 0.2) is 5.82 Å². The molecule has 47 heavy (non-hydrogen) atoms. The normalized spacial score (nSPS) is 11.4. The number of para-hydroxylation sites is 1. The maximum Gasteiger partial charge on any atom is 0.179 e. The summed E-state index contributed by atoms with van der Waals surface area (Å²) in [5.41, 5.74) is 10.3. The van der Waals surface area contributed by atoms with Crippen LogP contribution in [0.5, 0.6) is 0 Å². The van der Waals surface area contributed by atoms with Gasteiger partial charge in [0.2, 0.25) is 0 Å². The van der Waals surface area contributed by atoms with Gasteiger partial charge in [0.1, 0.15) is 5.69 Å². The van der Waals surface area contributed by atoms with E-state index in [9.17, 15) is 0 Å². The summed E-state index contributed by atoms with van der Waals surface area (Å²) in [5.74, 6) is 0.610. The molecule has 0 saturated carbocycles. The Morgan fingerprint density at radius 3 is 1.81 bits per heavy atom. The Morgan fingerprint density at radius 1 is 0.340 bits per heavy atom. The van der Waals surface area contributed by atoms with Gasteiger partial charge in [-0.1, -0.05) is 121 Å². The number of pyridine rings is 1. The van der Waals surface area contributed by atoms with Crippen LogP contribution in [0.1, 0.15) is 0 Å². The molecule has 0 saturated heterocycles. The molecule has 9 aromatic rings. The SMILES string of the molecule is c1ccc(-c2cc(-c3ccc(-c4cccc(-c5ccc6sc7ccccc7c6c5)c4)cc3)nc(-c3ccc4ccccc4n3)n2)cc1. The standard InChI is InChI=1S/C43H27N3S/c1-2-9-29(10-3-1)39-27-40(46-43(45-39)38-23-21-30-11-4-6-15-37(30)44-38)31-19-17-28(18-20-31)32-12-8-13-33(25-32)34-22-24-42-36(26-34)35-14-5-7-16-41(35)47-42/h1-27H. The van der Waals surface area contributed by atoms with E-state index >= 15 is 0 Å². The summed E-state index contributed by atoms with van der Waals surface area (Å²) in [6.45, 7) is 0. The molecule has 4 heteroatoms. The number of hydrogen-bond acceptors (Lipinski definition) is 4. The van der Waals surface area contributed by atoms with E-state index in [4.69, 9.17) is 15.0 Å². The zero-order valence-corrected chi connectivity index (χ0v) is 26.2. The summed E-state index contributed by atoms with van der Waals surface area (Å²) in [6.07, 6.45) is 0. The van der Waals surface area contributed by atoms with Crippen molar-refractivity contribution in [2.45, 2.75) is 0 Å². The lowest BCUT2D eigenvalue weighted by Gasteiger charge is -2.11. The smallest absolute Gasteiger partial charge is 0.179 e. The van der Waals surface area contributed by atoms with Crippen LogP contribution in [-0.2, 0) is 0 Å². The molecule has 3 heterocycles.